The molecule has 1 aromatic heterocycles. The van der Waals surface area contributed by atoms with Gasteiger partial charge in [0.1, 0.15) is 5.82 Å². The summed E-state index contributed by atoms with van der Waals surface area (Å²) in [5.74, 6) is 0.743. The maximum atomic E-state index is 12.4. The smallest absolute Gasteiger partial charge is 0.260 e. The second kappa shape index (κ2) is 3.75. The first-order valence-electron chi connectivity index (χ1n) is 6.24. The van der Waals surface area contributed by atoms with Gasteiger partial charge in [-0.05, 0) is 23.3 Å². The fourth-order valence-corrected chi connectivity index (χ4v) is 2.59. The summed E-state index contributed by atoms with van der Waals surface area (Å²) in [5.41, 5.74) is 3.88. The summed E-state index contributed by atoms with van der Waals surface area (Å²) in [6.07, 6.45) is 4.43. The molecule has 4 rings (SSSR count). The summed E-state index contributed by atoms with van der Waals surface area (Å²) in [6.45, 7) is 0.599. The van der Waals surface area contributed by atoms with Crippen LogP contribution in [0.4, 0.5) is 11.5 Å². The number of carbonyl (C=O) groups excluding carboxylic acids is 1. The van der Waals surface area contributed by atoms with Crippen molar-refractivity contribution in [3.63, 3.8) is 0 Å². The van der Waals surface area contributed by atoms with Gasteiger partial charge in [-0.1, -0.05) is 18.2 Å². The fourth-order valence-electron chi connectivity index (χ4n) is 2.59. The topological polar surface area (TPSA) is 45.6 Å². The molecule has 2 aliphatic rings. The highest BCUT2D eigenvalue weighted by atomic mass is 16.2. The molecule has 0 atom stereocenters. The number of aliphatic imine (C=N–C) groups is 1. The normalized spacial score (nSPS) is 15.8. The summed E-state index contributed by atoms with van der Waals surface area (Å²) in [4.78, 5) is 22.7. The Hall–Kier alpha value is -2.49. The molecule has 92 valence electrons. The minimum atomic E-state index is 0.0296. The average molecular weight is 249 g/mol. The predicted molar refractivity (Wildman–Crippen MR) is 73.0 cm³/mol. The lowest BCUT2D eigenvalue weighted by atomic mass is 10.1. The molecule has 4 heteroatoms. The first kappa shape index (κ1) is 10.4. The number of nitrogens with zero attached hydrogens (tertiary/aromatic N) is 3. The standard InChI is InChI=1S/C15H11N3O/c19-15-12-4-2-1-3-11(12)9-18(15)14-7-10-5-6-16-13(10)8-17-14/h1-4,6-8H,5,9H2. The molecule has 1 aromatic carbocycles. The van der Waals surface area contributed by atoms with Crippen molar-refractivity contribution in [2.75, 3.05) is 4.90 Å². The quantitative estimate of drug-likeness (QED) is 0.779. The average Bonchev–Trinajstić information content (AvgIpc) is 3.03. The second-order valence-electron chi connectivity index (χ2n) is 4.74. The molecular formula is C15H11N3O. The number of amides is 1. The van der Waals surface area contributed by atoms with Crippen LogP contribution in [0, 0.1) is 0 Å². The summed E-state index contributed by atoms with van der Waals surface area (Å²) >= 11 is 0. The van der Waals surface area contributed by atoms with E-state index in [4.69, 9.17) is 0 Å². The van der Waals surface area contributed by atoms with E-state index in [2.05, 4.69) is 9.98 Å². The van der Waals surface area contributed by atoms with Crippen molar-refractivity contribution < 1.29 is 4.79 Å². The minimum absolute atomic E-state index is 0.0296. The maximum absolute atomic E-state index is 12.4. The van der Waals surface area contributed by atoms with Crippen molar-refractivity contribution in [2.24, 2.45) is 4.99 Å². The SMILES string of the molecule is O=C1c2ccccc2CN1c1cc2c(cn1)N=CC2. The highest BCUT2D eigenvalue weighted by Crippen LogP contribution is 2.31. The third-order valence-corrected chi connectivity index (χ3v) is 3.59. The van der Waals surface area contributed by atoms with Crippen LogP contribution in [0.3, 0.4) is 0 Å². The number of benzene rings is 1. The van der Waals surface area contributed by atoms with Crippen LogP contribution in [0.1, 0.15) is 21.5 Å². The van der Waals surface area contributed by atoms with Gasteiger partial charge >= 0.3 is 0 Å². The van der Waals surface area contributed by atoms with Gasteiger partial charge in [0.25, 0.3) is 5.91 Å². The molecule has 19 heavy (non-hydrogen) atoms. The van der Waals surface area contributed by atoms with Crippen LogP contribution in [0.25, 0.3) is 0 Å². The highest BCUT2D eigenvalue weighted by molar-refractivity contribution is 6.09. The molecule has 2 aliphatic heterocycles. The summed E-state index contributed by atoms with van der Waals surface area (Å²) in [5, 5.41) is 0. The Labute approximate surface area is 110 Å². The Morgan fingerprint density at radius 2 is 2.05 bits per heavy atom. The van der Waals surface area contributed by atoms with Gasteiger partial charge in [0.2, 0.25) is 0 Å². The van der Waals surface area contributed by atoms with Crippen LogP contribution in [-0.2, 0) is 13.0 Å². The van der Waals surface area contributed by atoms with Crippen molar-refractivity contribution in [1.29, 1.82) is 0 Å². The second-order valence-corrected chi connectivity index (χ2v) is 4.74. The number of aromatic nitrogens is 1. The maximum Gasteiger partial charge on any atom is 0.260 e. The third kappa shape index (κ3) is 1.50. The molecule has 0 aliphatic carbocycles. The van der Waals surface area contributed by atoms with Crippen molar-refractivity contribution in [1.82, 2.24) is 4.98 Å². The molecule has 1 amide bonds. The van der Waals surface area contributed by atoms with Gasteiger partial charge in [-0.25, -0.2) is 4.98 Å². The number of fused-ring (bicyclic) bond motifs is 2. The van der Waals surface area contributed by atoms with Crippen molar-refractivity contribution in [3.8, 4) is 0 Å². The molecule has 2 aromatic rings. The molecule has 4 nitrogen and oxygen atoms in total. The van der Waals surface area contributed by atoms with E-state index in [0.29, 0.717) is 12.4 Å². The van der Waals surface area contributed by atoms with Crippen molar-refractivity contribution >= 4 is 23.6 Å². The predicted octanol–water partition coefficient (Wildman–Crippen LogP) is 2.50. The van der Waals surface area contributed by atoms with Crippen LogP contribution in [0.5, 0.6) is 0 Å². The Bertz CT molecular complexity index is 721. The molecule has 0 spiro atoms. The van der Waals surface area contributed by atoms with Crippen molar-refractivity contribution in [3.05, 3.63) is 53.2 Å². The highest BCUT2D eigenvalue weighted by Gasteiger charge is 2.29. The minimum Gasteiger partial charge on any atom is -0.288 e. The van der Waals surface area contributed by atoms with Crippen LogP contribution in [0.15, 0.2) is 41.5 Å². The van der Waals surface area contributed by atoms with Gasteiger partial charge in [-0.15, -0.1) is 0 Å². The Kier molecular flexibility index (Phi) is 2.06. The molecule has 0 radical (unpaired) electrons. The first-order chi connectivity index (χ1) is 9.33. The number of pyridine rings is 1. The number of anilines is 1. The van der Waals surface area contributed by atoms with E-state index in [1.807, 2.05) is 36.5 Å². The molecule has 0 N–H and O–H groups in total. The molecule has 0 saturated carbocycles. The van der Waals surface area contributed by atoms with Gasteiger partial charge in [-0.3, -0.25) is 14.7 Å². The monoisotopic (exact) mass is 249 g/mol. The Morgan fingerprint density at radius 1 is 1.16 bits per heavy atom. The lowest BCUT2D eigenvalue weighted by Gasteiger charge is -2.15. The zero-order chi connectivity index (χ0) is 12.8. The fraction of sp³-hybridized carbons (Fsp3) is 0.133. The van der Waals surface area contributed by atoms with E-state index in [1.165, 1.54) is 0 Å². The van der Waals surface area contributed by atoms with Crippen molar-refractivity contribution in [2.45, 2.75) is 13.0 Å². The lowest BCUT2D eigenvalue weighted by molar-refractivity contribution is 0.0996. The first-order valence-corrected chi connectivity index (χ1v) is 6.24. The summed E-state index contributed by atoms with van der Waals surface area (Å²) < 4.78 is 0. The van der Waals surface area contributed by atoms with Gasteiger partial charge in [0.15, 0.2) is 0 Å². The van der Waals surface area contributed by atoms with Crippen LogP contribution < -0.4 is 4.90 Å². The number of rotatable bonds is 1. The number of hydrogen-bond donors (Lipinski definition) is 0. The van der Waals surface area contributed by atoms with E-state index in [1.54, 1.807) is 11.1 Å². The van der Waals surface area contributed by atoms with E-state index in [-0.39, 0.29) is 5.91 Å². The molecule has 0 saturated heterocycles. The summed E-state index contributed by atoms with van der Waals surface area (Å²) in [6, 6.07) is 9.67. The molecule has 3 heterocycles. The Morgan fingerprint density at radius 3 is 2.95 bits per heavy atom. The molecular weight excluding hydrogens is 238 g/mol. The van der Waals surface area contributed by atoms with Crippen LogP contribution >= 0.6 is 0 Å². The van der Waals surface area contributed by atoms with E-state index >= 15 is 0 Å². The van der Waals surface area contributed by atoms with E-state index < -0.39 is 0 Å². The molecule has 0 fully saturated rings. The third-order valence-electron chi connectivity index (χ3n) is 3.59. The lowest BCUT2D eigenvalue weighted by Crippen LogP contribution is -2.24. The number of hydrogen-bond acceptors (Lipinski definition) is 3. The largest absolute Gasteiger partial charge is 0.288 e. The zero-order valence-electron chi connectivity index (χ0n) is 10.2. The van der Waals surface area contributed by atoms with E-state index in [9.17, 15) is 4.79 Å². The van der Waals surface area contributed by atoms with Crippen LogP contribution in [0.2, 0.25) is 0 Å². The Balaban J connectivity index is 1.74. The zero-order valence-corrected chi connectivity index (χ0v) is 10.2. The van der Waals surface area contributed by atoms with Gasteiger partial charge < -0.3 is 0 Å². The van der Waals surface area contributed by atoms with Gasteiger partial charge in [-0.2, -0.15) is 0 Å². The summed E-state index contributed by atoms with van der Waals surface area (Å²) in [7, 11) is 0. The van der Waals surface area contributed by atoms with Gasteiger partial charge in [0, 0.05) is 18.2 Å². The molecule has 0 unspecified atom stereocenters. The van der Waals surface area contributed by atoms with Gasteiger partial charge in [0.05, 0.1) is 18.4 Å². The molecule has 0 bridgehead atoms. The van der Waals surface area contributed by atoms with E-state index in [0.717, 1.165) is 28.8 Å². The van der Waals surface area contributed by atoms with Crippen LogP contribution in [-0.4, -0.2) is 17.1 Å². The number of carbonyl (C=O) groups is 1.